The smallest absolute Gasteiger partial charge is 0.117 e. The highest BCUT2D eigenvalue weighted by Gasteiger charge is 1.95. The molecule has 0 atom stereocenters. The summed E-state index contributed by atoms with van der Waals surface area (Å²) in [5.74, 6) is 0.188. The fourth-order valence-corrected chi connectivity index (χ4v) is 1.02. The van der Waals surface area contributed by atoms with E-state index in [0.717, 1.165) is 12.0 Å². The van der Waals surface area contributed by atoms with E-state index in [1.54, 1.807) is 12.1 Å². The number of nitrogen functional groups attached to an aromatic ring is 1. The molecule has 1 aromatic carbocycles. The van der Waals surface area contributed by atoms with E-state index in [-0.39, 0.29) is 5.75 Å². The first-order valence-electron chi connectivity index (χ1n) is 4.19. The Hall–Kier alpha value is -1.48. The summed E-state index contributed by atoms with van der Waals surface area (Å²) >= 11 is 0. The molecule has 1 rings (SSSR count). The number of phenolic OH excluding ortho intramolecular Hbond substituents is 1. The maximum absolute atomic E-state index is 9.09. The molecular weight excluding hydrogens is 164 g/mol. The van der Waals surface area contributed by atoms with E-state index in [2.05, 4.69) is 0 Å². The molecule has 70 valence electrons. The predicted molar refractivity (Wildman–Crippen MR) is 55.2 cm³/mol. The molecule has 0 aromatic heterocycles. The van der Waals surface area contributed by atoms with Gasteiger partial charge >= 0.3 is 0 Å². The van der Waals surface area contributed by atoms with Gasteiger partial charge in [-0.05, 0) is 30.7 Å². The Morgan fingerprint density at radius 1 is 1.38 bits per heavy atom. The molecule has 0 saturated heterocycles. The van der Waals surface area contributed by atoms with E-state index in [9.17, 15) is 0 Å². The first-order chi connectivity index (χ1) is 6.24. The Morgan fingerprint density at radius 2 is 2.15 bits per heavy atom. The zero-order valence-corrected chi connectivity index (χ0v) is 7.40. The Balaban J connectivity index is 2.77. The van der Waals surface area contributed by atoms with Crippen LogP contribution in [-0.2, 0) is 0 Å². The molecular formula is C10H14N2O. The SMILES string of the molecule is NCCC=Cc1ccc(O)cc1N. The highest BCUT2D eigenvalue weighted by atomic mass is 16.3. The van der Waals surface area contributed by atoms with Crippen molar-refractivity contribution in [3.8, 4) is 5.75 Å². The summed E-state index contributed by atoms with van der Waals surface area (Å²) in [6.45, 7) is 0.633. The third-order valence-electron chi connectivity index (χ3n) is 1.70. The van der Waals surface area contributed by atoms with Gasteiger partial charge < -0.3 is 16.6 Å². The van der Waals surface area contributed by atoms with Crippen LogP contribution in [0.5, 0.6) is 5.75 Å². The van der Waals surface area contributed by atoms with Gasteiger partial charge in [0.1, 0.15) is 5.75 Å². The minimum Gasteiger partial charge on any atom is -0.508 e. The van der Waals surface area contributed by atoms with Crippen molar-refractivity contribution in [3.05, 3.63) is 29.8 Å². The van der Waals surface area contributed by atoms with E-state index in [0.29, 0.717) is 12.2 Å². The number of hydrogen-bond donors (Lipinski definition) is 3. The van der Waals surface area contributed by atoms with Gasteiger partial charge in [-0.3, -0.25) is 0 Å². The summed E-state index contributed by atoms with van der Waals surface area (Å²) in [7, 11) is 0. The van der Waals surface area contributed by atoms with Crippen LogP contribution >= 0.6 is 0 Å². The van der Waals surface area contributed by atoms with Crippen LogP contribution in [0.2, 0.25) is 0 Å². The van der Waals surface area contributed by atoms with Crippen LogP contribution in [-0.4, -0.2) is 11.7 Å². The van der Waals surface area contributed by atoms with E-state index >= 15 is 0 Å². The van der Waals surface area contributed by atoms with Gasteiger partial charge in [0.2, 0.25) is 0 Å². The van der Waals surface area contributed by atoms with E-state index in [1.807, 2.05) is 12.2 Å². The second-order valence-electron chi connectivity index (χ2n) is 2.79. The summed E-state index contributed by atoms with van der Waals surface area (Å²) in [5, 5.41) is 9.09. The normalized spacial score (nSPS) is 10.8. The van der Waals surface area contributed by atoms with Crippen molar-refractivity contribution in [2.75, 3.05) is 12.3 Å². The Labute approximate surface area is 77.7 Å². The van der Waals surface area contributed by atoms with Crippen LogP contribution in [0.25, 0.3) is 6.08 Å². The predicted octanol–water partition coefficient (Wildman–Crippen LogP) is 1.34. The monoisotopic (exact) mass is 178 g/mol. The average Bonchev–Trinajstić information content (AvgIpc) is 2.09. The van der Waals surface area contributed by atoms with Gasteiger partial charge in [0.25, 0.3) is 0 Å². The molecule has 1 aromatic rings. The van der Waals surface area contributed by atoms with E-state index < -0.39 is 0 Å². The zero-order valence-electron chi connectivity index (χ0n) is 7.40. The van der Waals surface area contributed by atoms with Gasteiger partial charge in [0, 0.05) is 11.8 Å². The minimum atomic E-state index is 0.188. The second-order valence-corrected chi connectivity index (χ2v) is 2.79. The molecule has 0 aliphatic rings. The summed E-state index contributed by atoms with van der Waals surface area (Å²) in [6.07, 6.45) is 4.70. The third-order valence-corrected chi connectivity index (χ3v) is 1.70. The fourth-order valence-electron chi connectivity index (χ4n) is 1.02. The van der Waals surface area contributed by atoms with Crippen molar-refractivity contribution in [3.63, 3.8) is 0 Å². The molecule has 0 aliphatic heterocycles. The van der Waals surface area contributed by atoms with Crippen molar-refractivity contribution < 1.29 is 5.11 Å². The number of rotatable bonds is 3. The summed E-state index contributed by atoms with van der Waals surface area (Å²) in [5.41, 5.74) is 12.5. The van der Waals surface area contributed by atoms with Gasteiger partial charge in [-0.1, -0.05) is 12.2 Å². The fraction of sp³-hybridized carbons (Fsp3) is 0.200. The zero-order chi connectivity index (χ0) is 9.68. The van der Waals surface area contributed by atoms with Crippen molar-refractivity contribution >= 4 is 11.8 Å². The number of anilines is 1. The van der Waals surface area contributed by atoms with Crippen molar-refractivity contribution in [1.82, 2.24) is 0 Å². The van der Waals surface area contributed by atoms with Gasteiger partial charge in [-0.25, -0.2) is 0 Å². The van der Waals surface area contributed by atoms with Crippen LogP contribution in [0.15, 0.2) is 24.3 Å². The maximum Gasteiger partial charge on any atom is 0.117 e. The first-order valence-corrected chi connectivity index (χ1v) is 4.19. The van der Waals surface area contributed by atoms with Crippen molar-refractivity contribution in [2.24, 2.45) is 5.73 Å². The average molecular weight is 178 g/mol. The van der Waals surface area contributed by atoms with Crippen LogP contribution in [0, 0.1) is 0 Å². The molecule has 0 fully saturated rings. The Bertz CT molecular complexity index is 308. The molecule has 0 amide bonds. The summed E-state index contributed by atoms with van der Waals surface area (Å²) in [6, 6.07) is 4.91. The van der Waals surface area contributed by atoms with E-state index in [1.165, 1.54) is 6.07 Å². The molecule has 3 nitrogen and oxygen atoms in total. The molecule has 0 saturated carbocycles. The molecule has 0 spiro atoms. The topological polar surface area (TPSA) is 72.3 Å². The van der Waals surface area contributed by atoms with Gasteiger partial charge in [0.15, 0.2) is 0 Å². The summed E-state index contributed by atoms with van der Waals surface area (Å²) < 4.78 is 0. The molecule has 0 bridgehead atoms. The maximum atomic E-state index is 9.09. The third kappa shape index (κ3) is 2.80. The molecule has 5 N–H and O–H groups in total. The molecule has 0 radical (unpaired) electrons. The number of nitrogens with two attached hydrogens (primary N) is 2. The van der Waals surface area contributed by atoms with Gasteiger partial charge in [-0.2, -0.15) is 0 Å². The van der Waals surface area contributed by atoms with Crippen LogP contribution < -0.4 is 11.5 Å². The lowest BCUT2D eigenvalue weighted by molar-refractivity contribution is 0.475. The largest absolute Gasteiger partial charge is 0.508 e. The number of aromatic hydroxyl groups is 1. The minimum absolute atomic E-state index is 0.188. The van der Waals surface area contributed by atoms with Crippen LogP contribution in [0.3, 0.4) is 0 Å². The second kappa shape index (κ2) is 4.52. The molecule has 0 unspecified atom stereocenters. The number of benzene rings is 1. The first kappa shape index (κ1) is 9.61. The highest BCUT2D eigenvalue weighted by molar-refractivity contribution is 5.65. The lowest BCUT2D eigenvalue weighted by atomic mass is 10.1. The molecule has 0 heterocycles. The quantitative estimate of drug-likeness (QED) is 0.611. The summed E-state index contributed by atoms with van der Waals surface area (Å²) in [4.78, 5) is 0. The van der Waals surface area contributed by atoms with Crippen molar-refractivity contribution in [2.45, 2.75) is 6.42 Å². The Kier molecular flexibility index (Phi) is 3.34. The highest BCUT2D eigenvalue weighted by Crippen LogP contribution is 2.19. The van der Waals surface area contributed by atoms with Gasteiger partial charge in [-0.15, -0.1) is 0 Å². The Morgan fingerprint density at radius 3 is 2.77 bits per heavy atom. The van der Waals surface area contributed by atoms with Gasteiger partial charge in [0.05, 0.1) is 0 Å². The van der Waals surface area contributed by atoms with Crippen molar-refractivity contribution in [1.29, 1.82) is 0 Å². The van der Waals surface area contributed by atoms with E-state index in [4.69, 9.17) is 16.6 Å². The standard InChI is InChI=1S/C10H14N2O/c11-6-2-1-3-8-4-5-9(13)7-10(8)12/h1,3-5,7,13H,2,6,11-12H2. The van der Waals surface area contributed by atoms with Crippen LogP contribution in [0.4, 0.5) is 5.69 Å². The van der Waals surface area contributed by atoms with Crippen LogP contribution in [0.1, 0.15) is 12.0 Å². The molecule has 13 heavy (non-hydrogen) atoms. The molecule has 0 aliphatic carbocycles. The number of hydrogen-bond acceptors (Lipinski definition) is 3. The lowest BCUT2D eigenvalue weighted by Crippen LogP contribution is -1.95. The lowest BCUT2D eigenvalue weighted by Gasteiger charge is -2.00. The molecule has 3 heteroatoms. The number of phenols is 1.